The number of carbonyl (C=O) groups is 1. The number of rotatable bonds is 3. The maximum absolute atomic E-state index is 13.1. The maximum Gasteiger partial charge on any atom is 0.167 e. The minimum atomic E-state index is -0.673. The van der Waals surface area contributed by atoms with E-state index in [1.165, 1.54) is 12.1 Å². The predicted molar refractivity (Wildman–Crippen MR) is 73.3 cm³/mol. The Labute approximate surface area is 118 Å². The van der Waals surface area contributed by atoms with E-state index in [-0.39, 0.29) is 12.2 Å². The molecule has 0 saturated carbocycles. The number of Topliss-reactive ketones (excluding diaryl/α,β-unsaturated/α-hetero) is 1. The lowest BCUT2D eigenvalue weighted by Gasteiger charge is -2.04. The van der Waals surface area contributed by atoms with Gasteiger partial charge in [-0.05, 0) is 48.4 Å². The Morgan fingerprint density at radius 3 is 2.26 bits per heavy atom. The van der Waals surface area contributed by atoms with Gasteiger partial charge in [0.2, 0.25) is 0 Å². The molecule has 2 aromatic rings. The number of benzene rings is 2. The van der Waals surface area contributed by atoms with Gasteiger partial charge in [-0.2, -0.15) is 0 Å². The number of hydrogen-bond donors (Lipinski definition) is 0. The Balaban J connectivity index is 2.25. The molecule has 1 nitrogen and oxygen atoms in total. The van der Waals surface area contributed by atoms with E-state index in [4.69, 9.17) is 0 Å². The summed E-state index contributed by atoms with van der Waals surface area (Å²) in [6, 6.07) is 8.47. The van der Waals surface area contributed by atoms with Crippen LogP contribution in [0.4, 0.5) is 8.78 Å². The molecule has 0 heterocycles. The van der Waals surface area contributed by atoms with E-state index in [9.17, 15) is 13.6 Å². The zero-order valence-corrected chi connectivity index (χ0v) is 11.8. The summed E-state index contributed by atoms with van der Waals surface area (Å²) in [7, 11) is 0. The molecule has 4 heteroatoms. The minimum absolute atomic E-state index is 0.0232. The van der Waals surface area contributed by atoms with Crippen molar-refractivity contribution < 1.29 is 13.6 Å². The van der Waals surface area contributed by atoms with Crippen molar-refractivity contribution in [1.29, 1.82) is 0 Å². The Morgan fingerprint density at radius 1 is 1.05 bits per heavy atom. The smallest absolute Gasteiger partial charge is 0.167 e. The van der Waals surface area contributed by atoms with Gasteiger partial charge in [-0.1, -0.05) is 15.9 Å². The first-order valence-electron chi connectivity index (χ1n) is 5.69. The molecular formula is C15H11BrF2O. The van der Waals surface area contributed by atoms with Gasteiger partial charge in [0, 0.05) is 22.5 Å². The predicted octanol–water partition coefficient (Wildman–Crippen LogP) is 4.46. The number of ketones is 1. The third-order valence-electron chi connectivity index (χ3n) is 2.65. The lowest BCUT2D eigenvalue weighted by Crippen LogP contribution is -2.04. The first-order valence-corrected chi connectivity index (χ1v) is 6.49. The van der Waals surface area contributed by atoms with E-state index in [0.717, 1.165) is 16.1 Å². The van der Waals surface area contributed by atoms with Crippen molar-refractivity contribution in [3.63, 3.8) is 0 Å². The zero-order chi connectivity index (χ0) is 14.0. The van der Waals surface area contributed by atoms with Crippen LogP contribution in [-0.2, 0) is 6.42 Å². The Bertz CT molecular complexity index is 598. The largest absolute Gasteiger partial charge is 0.294 e. The highest BCUT2D eigenvalue weighted by Gasteiger charge is 2.10. The lowest BCUT2D eigenvalue weighted by molar-refractivity contribution is 0.0993. The number of carbonyl (C=O) groups excluding carboxylic acids is 1. The van der Waals surface area contributed by atoms with Crippen LogP contribution in [0.3, 0.4) is 0 Å². The van der Waals surface area contributed by atoms with Gasteiger partial charge >= 0.3 is 0 Å². The van der Waals surface area contributed by atoms with Crippen LogP contribution < -0.4 is 0 Å². The molecule has 0 unspecified atom stereocenters. The number of halogens is 3. The average Bonchev–Trinajstić information content (AvgIpc) is 2.25. The SMILES string of the molecule is Cc1cc(Br)cc(C(=O)Cc2cc(F)cc(F)c2)c1. The van der Waals surface area contributed by atoms with Gasteiger partial charge in [-0.3, -0.25) is 4.79 Å². The molecule has 0 radical (unpaired) electrons. The Hall–Kier alpha value is -1.55. The first-order chi connectivity index (χ1) is 8.94. The summed E-state index contributed by atoms with van der Waals surface area (Å²) in [5, 5.41) is 0. The standard InChI is InChI=1S/C15H11BrF2O/c1-9-2-11(7-12(16)3-9)15(19)6-10-4-13(17)8-14(18)5-10/h2-5,7-8H,6H2,1H3. The van der Waals surface area contributed by atoms with Gasteiger partial charge in [0.25, 0.3) is 0 Å². The molecule has 0 bridgehead atoms. The highest BCUT2D eigenvalue weighted by atomic mass is 79.9. The molecule has 0 N–H and O–H groups in total. The summed E-state index contributed by atoms with van der Waals surface area (Å²) >= 11 is 3.32. The topological polar surface area (TPSA) is 17.1 Å². The monoisotopic (exact) mass is 324 g/mol. The van der Waals surface area contributed by atoms with Crippen molar-refractivity contribution in [2.45, 2.75) is 13.3 Å². The normalized spacial score (nSPS) is 10.5. The van der Waals surface area contributed by atoms with Crippen LogP contribution in [0.5, 0.6) is 0 Å². The fourth-order valence-corrected chi connectivity index (χ4v) is 2.51. The summed E-state index contributed by atoms with van der Waals surface area (Å²) < 4.78 is 26.9. The second-order valence-electron chi connectivity index (χ2n) is 4.39. The molecule has 0 aliphatic heterocycles. The molecule has 0 saturated heterocycles. The molecule has 0 atom stereocenters. The molecule has 0 fully saturated rings. The highest BCUT2D eigenvalue weighted by molar-refractivity contribution is 9.10. The molecule has 19 heavy (non-hydrogen) atoms. The second-order valence-corrected chi connectivity index (χ2v) is 5.31. The van der Waals surface area contributed by atoms with Crippen LogP contribution in [-0.4, -0.2) is 5.78 Å². The van der Waals surface area contributed by atoms with Crippen molar-refractivity contribution in [1.82, 2.24) is 0 Å². The van der Waals surface area contributed by atoms with E-state index in [1.54, 1.807) is 12.1 Å². The van der Waals surface area contributed by atoms with E-state index in [1.807, 2.05) is 13.0 Å². The molecule has 2 rings (SSSR count). The van der Waals surface area contributed by atoms with Gasteiger partial charge in [-0.25, -0.2) is 8.78 Å². The van der Waals surface area contributed by atoms with Crippen LogP contribution in [0.15, 0.2) is 40.9 Å². The summed E-state index contributed by atoms with van der Waals surface area (Å²) in [6.45, 7) is 1.88. The lowest BCUT2D eigenvalue weighted by atomic mass is 10.0. The second kappa shape index (κ2) is 5.61. The van der Waals surface area contributed by atoms with Crippen LogP contribution in [0, 0.1) is 18.6 Å². The van der Waals surface area contributed by atoms with Crippen molar-refractivity contribution in [2.75, 3.05) is 0 Å². The molecule has 0 aliphatic rings. The molecule has 0 aliphatic carbocycles. The number of hydrogen-bond acceptors (Lipinski definition) is 1. The molecule has 0 amide bonds. The van der Waals surface area contributed by atoms with Gasteiger partial charge in [0.05, 0.1) is 0 Å². The van der Waals surface area contributed by atoms with E-state index < -0.39 is 11.6 Å². The summed E-state index contributed by atoms with van der Waals surface area (Å²) in [6.07, 6.45) is -0.0232. The zero-order valence-electron chi connectivity index (χ0n) is 10.2. The van der Waals surface area contributed by atoms with Crippen molar-refractivity contribution >= 4 is 21.7 Å². The van der Waals surface area contributed by atoms with Crippen LogP contribution in [0.1, 0.15) is 21.5 Å². The van der Waals surface area contributed by atoms with E-state index in [2.05, 4.69) is 15.9 Å². The summed E-state index contributed by atoms with van der Waals surface area (Å²) in [4.78, 5) is 12.1. The van der Waals surface area contributed by atoms with E-state index >= 15 is 0 Å². The van der Waals surface area contributed by atoms with Gasteiger partial charge in [-0.15, -0.1) is 0 Å². The Morgan fingerprint density at radius 2 is 1.68 bits per heavy atom. The quantitative estimate of drug-likeness (QED) is 0.762. The van der Waals surface area contributed by atoms with E-state index in [0.29, 0.717) is 11.1 Å². The van der Waals surface area contributed by atoms with Crippen LogP contribution >= 0.6 is 15.9 Å². The highest BCUT2D eigenvalue weighted by Crippen LogP contribution is 2.18. The summed E-state index contributed by atoms with van der Waals surface area (Å²) in [5.41, 5.74) is 1.81. The third-order valence-corrected chi connectivity index (χ3v) is 3.11. The molecule has 2 aromatic carbocycles. The van der Waals surface area contributed by atoms with Gasteiger partial charge in [0.15, 0.2) is 5.78 Å². The fourth-order valence-electron chi connectivity index (χ4n) is 1.90. The van der Waals surface area contributed by atoms with Gasteiger partial charge in [0.1, 0.15) is 11.6 Å². The maximum atomic E-state index is 13.1. The average molecular weight is 325 g/mol. The first kappa shape index (κ1) is 13.9. The fraction of sp³-hybridized carbons (Fsp3) is 0.133. The van der Waals surface area contributed by atoms with Crippen LogP contribution in [0.2, 0.25) is 0 Å². The summed E-state index contributed by atoms with van der Waals surface area (Å²) in [5.74, 6) is -1.52. The van der Waals surface area contributed by atoms with Crippen molar-refractivity contribution in [3.8, 4) is 0 Å². The molecule has 98 valence electrons. The minimum Gasteiger partial charge on any atom is -0.294 e. The Kier molecular flexibility index (Phi) is 4.10. The number of aryl methyl sites for hydroxylation is 1. The van der Waals surface area contributed by atoms with Gasteiger partial charge < -0.3 is 0 Å². The molecule has 0 spiro atoms. The van der Waals surface area contributed by atoms with Crippen molar-refractivity contribution in [2.24, 2.45) is 0 Å². The molecular weight excluding hydrogens is 314 g/mol. The van der Waals surface area contributed by atoms with Crippen molar-refractivity contribution in [3.05, 3.63) is 69.2 Å². The molecule has 0 aromatic heterocycles. The third kappa shape index (κ3) is 3.70. The van der Waals surface area contributed by atoms with Crippen LogP contribution in [0.25, 0.3) is 0 Å².